The number of esters is 1. The van der Waals surface area contributed by atoms with Gasteiger partial charge in [-0.2, -0.15) is 0 Å². The molecule has 0 aromatic heterocycles. The lowest BCUT2D eigenvalue weighted by atomic mass is 9.67. The maximum absolute atomic E-state index is 13.5. The summed E-state index contributed by atoms with van der Waals surface area (Å²) in [4.78, 5) is 40.0. The maximum atomic E-state index is 13.5. The number of carbonyl (C=O) groups excluding carboxylic acids is 3. The van der Waals surface area contributed by atoms with Crippen LogP contribution < -0.4 is 0 Å². The molecule has 0 bridgehead atoms. The first kappa shape index (κ1) is 25.4. The van der Waals surface area contributed by atoms with E-state index in [9.17, 15) is 14.4 Å². The van der Waals surface area contributed by atoms with Crippen molar-refractivity contribution in [3.8, 4) is 0 Å². The summed E-state index contributed by atoms with van der Waals surface area (Å²) in [6.45, 7) is 7.03. The van der Waals surface area contributed by atoms with Gasteiger partial charge in [-0.15, -0.1) is 0 Å². The zero-order valence-electron chi connectivity index (χ0n) is 21.3. The topological polar surface area (TPSA) is 72.9 Å². The van der Waals surface area contributed by atoms with E-state index < -0.39 is 29.6 Å². The lowest BCUT2D eigenvalue weighted by Crippen LogP contribution is -2.46. The van der Waals surface area contributed by atoms with Crippen molar-refractivity contribution in [1.29, 1.82) is 0 Å². The molecule has 1 fully saturated rings. The van der Waals surface area contributed by atoms with E-state index in [4.69, 9.17) is 9.47 Å². The van der Waals surface area contributed by atoms with Crippen molar-refractivity contribution in [2.45, 2.75) is 64.0 Å². The van der Waals surface area contributed by atoms with Crippen molar-refractivity contribution in [3.63, 3.8) is 0 Å². The fourth-order valence-corrected chi connectivity index (χ4v) is 4.99. The van der Waals surface area contributed by atoms with Crippen LogP contribution in [-0.2, 0) is 24.5 Å². The summed E-state index contributed by atoms with van der Waals surface area (Å²) in [5.74, 6) is -1.09. The summed E-state index contributed by atoms with van der Waals surface area (Å²) < 4.78 is 10.6. The third kappa shape index (κ3) is 4.99. The van der Waals surface area contributed by atoms with Crippen LogP contribution in [0.5, 0.6) is 0 Å². The second-order valence-corrected chi connectivity index (χ2v) is 10.2. The summed E-state index contributed by atoms with van der Waals surface area (Å²) in [5, 5.41) is 0. The number of ether oxygens (including phenoxy) is 2. The minimum atomic E-state index is -1.03. The Kier molecular flexibility index (Phi) is 7.16. The van der Waals surface area contributed by atoms with E-state index in [0.29, 0.717) is 12.0 Å². The Bertz CT molecular complexity index is 1150. The van der Waals surface area contributed by atoms with Crippen LogP contribution in [0.25, 0.3) is 0 Å². The molecule has 1 heterocycles. The number of carbonyl (C=O) groups is 3. The number of amides is 2. The number of imide groups is 1. The highest BCUT2D eigenvalue weighted by atomic mass is 16.6. The van der Waals surface area contributed by atoms with Gasteiger partial charge in [0.15, 0.2) is 0 Å². The second kappa shape index (κ2) is 10.1. The number of hydrogen-bond acceptors (Lipinski definition) is 5. The number of hydrogen-bond donors (Lipinski definition) is 0. The molecule has 0 spiro atoms. The summed E-state index contributed by atoms with van der Waals surface area (Å²) in [6, 6.07) is 19.6. The Morgan fingerprint density at radius 1 is 1.00 bits per heavy atom. The standard InChI is InChI=1S/C30H33NO5/c1-5-35-27(33)25-20-24(26(32)31(25)28(34)36-29(2,3)4)21-16-18-30(19-17-21,22-12-8-6-9-13-22)23-14-10-7-11-15-23/h6-16,18,25H,5,17,19-20H2,1-4H3/b24-21-/t25-/m0/s1. The third-order valence-corrected chi connectivity index (χ3v) is 6.66. The lowest BCUT2D eigenvalue weighted by molar-refractivity contribution is -0.150. The Hall–Kier alpha value is -3.67. The predicted octanol–water partition coefficient (Wildman–Crippen LogP) is 5.72. The summed E-state index contributed by atoms with van der Waals surface area (Å²) >= 11 is 0. The molecule has 1 saturated heterocycles. The van der Waals surface area contributed by atoms with Gasteiger partial charge >= 0.3 is 12.1 Å². The van der Waals surface area contributed by atoms with Crippen molar-refractivity contribution in [1.82, 2.24) is 4.90 Å². The number of likely N-dealkylation sites (tertiary alicyclic amines) is 1. The van der Waals surface area contributed by atoms with Crippen LogP contribution in [0.2, 0.25) is 0 Å². The maximum Gasteiger partial charge on any atom is 0.418 e. The molecular weight excluding hydrogens is 454 g/mol. The van der Waals surface area contributed by atoms with Crippen molar-refractivity contribution >= 4 is 18.0 Å². The summed E-state index contributed by atoms with van der Waals surface area (Å²) in [6.07, 6.45) is 4.78. The highest BCUT2D eigenvalue weighted by Crippen LogP contribution is 2.44. The first-order valence-corrected chi connectivity index (χ1v) is 12.4. The number of rotatable bonds is 4. The van der Waals surface area contributed by atoms with Gasteiger partial charge in [-0.05, 0) is 57.2 Å². The molecule has 2 aromatic rings. The lowest BCUT2D eigenvalue weighted by Gasteiger charge is -2.35. The monoisotopic (exact) mass is 487 g/mol. The van der Waals surface area contributed by atoms with Crippen LogP contribution in [0.15, 0.2) is 84.0 Å². The van der Waals surface area contributed by atoms with E-state index in [-0.39, 0.29) is 18.4 Å². The van der Waals surface area contributed by atoms with Gasteiger partial charge in [-0.25, -0.2) is 14.5 Å². The first-order valence-electron chi connectivity index (χ1n) is 12.4. The quantitative estimate of drug-likeness (QED) is 0.407. The molecule has 2 amide bonds. The molecule has 0 unspecified atom stereocenters. The van der Waals surface area contributed by atoms with Crippen molar-refractivity contribution in [2.24, 2.45) is 0 Å². The van der Waals surface area contributed by atoms with Crippen LogP contribution in [-0.4, -0.2) is 41.1 Å². The van der Waals surface area contributed by atoms with Gasteiger partial charge in [0.2, 0.25) is 0 Å². The second-order valence-electron chi connectivity index (χ2n) is 10.2. The SMILES string of the molecule is CCOC(=O)[C@@H]1C/C(=C2\C=CC(c3ccccc3)(c3ccccc3)CC2)C(=O)N1C(=O)OC(C)(C)C. The smallest absolute Gasteiger partial charge is 0.418 e. The fraction of sp³-hybridized carbons (Fsp3) is 0.367. The molecular formula is C30H33NO5. The molecule has 6 nitrogen and oxygen atoms in total. The van der Waals surface area contributed by atoms with Gasteiger partial charge in [0, 0.05) is 17.4 Å². The van der Waals surface area contributed by atoms with E-state index >= 15 is 0 Å². The molecule has 0 N–H and O–H groups in total. The number of nitrogens with zero attached hydrogens (tertiary/aromatic N) is 1. The number of allylic oxidation sites excluding steroid dienone is 3. The fourth-order valence-electron chi connectivity index (χ4n) is 4.99. The first-order chi connectivity index (χ1) is 17.2. The highest BCUT2D eigenvalue weighted by molar-refractivity contribution is 6.09. The van der Waals surface area contributed by atoms with E-state index in [1.807, 2.05) is 42.5 Å². The minimum Gasteiger partial charge on any atom is -0.464 e. The molecule has 2 aromatic carbocycles. The van der Waals surface area contributed by atoms with E-state index in [1.54, 1.807) is 27.7 Å². The predicted molar refractivity (Wildman–Crippen MR) is 137 cm³/mol. The molecule has 6 heteroatoms. The molecule has 1 aliphatic heterocycles. The van der Waals surface area contributed by atoms with E-state index in [2.05, 4.69) is 30.3 Å². The zero-order chi connectivity index (χ0) is 25.9. The van der Waals surface area contributed by atoms with Crippen LogP contribution in [0.4, 0.5) is 4.79 Å². The highest BCUT2D eigenvalue weighted by Gasteiger charge is 2.47. The van der Waals surface area contributed by atoms with Gasteiger partial charge in [-0.1, -0.05) is 72.8 Å². The van der Waals surface area contributed by atoms with Crippen molar-refractivity contribution < 1.29 is 23.9 Å². The zero-order valence-corrected chi connectivity index (χ0v) is 21.3. The Balaban J connectivity index is 1.73. The average Bonchev–Trinajstić information content (AvgIpc) is 3.21. The van der Waals surface area contributed by atoms with E-state index in [0.717, 1.165) is 16.9 Å². The van der Waals surface area contributed by atoms with Gasteiger partial charge in [-0.3, -0.25) is 4.79 Å². The van der Waals surface area contributed by atoms with Crippen molar-refractivity contribution in [2.75, 3.05) is 6.61 Å². The van der Waals surface area contributed by atoms with Crippen LogP contribution in [0.1, 0.15) is 58.1 Å². The van der Waals surface area contributed by atoms with Crippen LogP contribution >= 0.6 is 0 Å². The summed E-state index contributed by atoms with van der Waals surface area (Å²) in [5.41, 5.74) is 2.51. The van der Waals surface area contributed by atoms with Crippen LogP contribution in [0, 0.1) is 0 Å². The number of benzene rings is 2. The average molecular weight is 488 g/mol. The van der Waals surface area contributed by atoms with Crippen molar-refractivity contribution in [3.05, 3.63) is 95.1 Å². The molecule has 1 atom stereocenters. The molecule has 2 aliphatic rings. The van der Waals surface area contributed by atoms with Gasteiger partial charge < -0.3 is 9.47 Å². The Labute approximate surface area is 212 Å². The Morgan fingerprint density at radius 2 is 1.58 bits per heavy atom. The third-order valence-electron chi connectivity index (χ3n) is 6.66. The van der Waals surface area contributed by atoms with E-state index in [1.165, 1.54) is 11.1 Å². The molecule has 36 heavy (non-hydrogen) atoms. The Morgan fingerprint density at radius 3 is 2.06 bits per heavy atom. The molecule has 4 rings (SSSR count). The molecule has 0 radical (unpaired) electrons. The minimum absolute atomic E-state index is 0.111. The van der Waals surface area contributed by atoms with Gasteiger partial charge in [0.05, 0.1) is 6.61 Å². The molecule has 0 saturated carbocycles. The van der Waals surface area contributed by atoms with Gasteiger partial charge in [0.1, 0.15) is 11.6 Å². The molecule has 1 aliphatic carbocycles. The largest absolute Gasteiger partial charge is 0.464 e. The van der Waals surface area contributed by atoms with Crippen LogP contribution in [0.3, 0.4) is 0 Å². The van der Waals surface area contributed by atoms with Gasteiger partial charge in [0.25, 0.3) is 5.91 Å². The normalized spacial score (nSPS) is 21.4. The summed E-state index contributed by atoms with van der Waals surface area (Å²) in [7, 11) is 0. The molecule has 188 valence electrons.